The van der Waals surface area contributed by atoms with E-state index < -0.39 is 0 Å². The molecule has 1 atom stereocenters. The van der Waals surface area contributed by atoms with Crippen molar-refractivity contribution in [3.8, 4) is 5.75 Å². The average molecular weight is 345 g/mol. The molecule has 0 saturated carbocycles. The van der Waals surface area contributed by atoms with Gasteiger partial charge < -0.3 is 15.0 Å². The van der Waals surface area contributed by atoms with Crippen LogP contribution in [0.5, 0.6) is 5.75 Å². The van der Waals surface area contributed by atoms with Crippen LogP contribution in [0.3, 0.4) is 0 Å². The quantitative estimate of drug-likeness (QED) is 0.889. The van der Waals surface area contributed by atoms with Gasteiger partial charge in [0.15, 0.2) is 0 Å². The zero-order chi connectivity index (χ0) is 18.0. The number of ether oxygens (including phenoxy) is 1. The number of nitrogens with one attached hydrogen (secondary N) is 2. The van der Waals surface area contributed by atoms with Crippen LogP contribution in [0, 0.1) is 19.7 Å². The normalized spacial score (nSPS) is 16.0. The Kier molecular flexibility index (Phi) is 4.83. The highest BCUT2D eigenvalue weighted by atomic mass is 19.1. The molecule has 1 aliphatic heterocycles. The third-order valence-corrected chi connectivity index (χ3v) is 4.40. The van der Waals surface area contributed by atoms with E-state index in [1.807, 2.05) is 0 Å². The molecule has 0 aliphatic carbocycles. The summed E-state index contributed by atoms with van der Waals surface area (Å²) in [6, 6.07) is 4.07. The summed E-state index contributed by atoms with van der Waals surface area (Å²) < 4.78 is 19.0. The Balaban J connectivity index is 1.67. The van der Waals surface area contributed by atoms with Crippen molar-refractivity contribution >= 4 is 5.91 Å². The third kappa shape index (κ3) is 3.87. The molecule has 0 fully saturated rings. The standard InChI is InChI=1S/C18H20FN3O3/c1-10-13(11(2)21-18(24)20-10)4-6-17(23)22-15-7-8-25-16-5-3-12(19)9-14(15)16/h3,5,9,15H,4,6-8H2,1-2H3,(H,22,23)(H,20,21,24)/t15-/m1/s1. The van der Waals surface area contributed by atoms with E-state index in [0.29, 0.717) is 36.5 Å². The van der Waals surface area contributed by atoms with Crippen molar-refractivity contribution in [3.05, 3.63) is 57.0 Å². The zero-order valence-corrected chi connectivity index (χ0v) is 14.2. The van der Waals surface area contributed by atoms with Crippen molar-refractivity contribution in [1.82, 2.24) is 15.3 Å². The fourth-order valence-corrected chi connectivity index (χ4v) is 3.14. The van der Waals surface area contributed by atoms with Gasteiger partial charge in [-0.05, 0) is 44.0 Å². The van der Waals surface area contributed by atoms with Gasteiger partial charge in [-0.2, -0.15) is 4.98 Å². The van der Waals surface area contributed by atoms with Crippen LogP contribution in [0.25, 0.3) is 0 Å². The molecule has 2 N–H and O–H groups in total. The predicted octanol–water partition coefficient (Wildman–Crippen LogP) is 2.10. The van der Waals surface area contributed by atoms with Gasteiger partial charge >= 0.3 is 5.69 Å². The fourth-order valence-electron chi connectivity index (χ4n) is 3.14. The number of hydrogen-bond donors (Lipinski definition) is 2. The molecule has 0 saturated heterocycles. The van der Waals surface area contributed by atoms with Crippen LogP contribution in [-0.4, -0.2) is 22.5 Å². The van der Waals surface area contributed by atoms with E-state index in [0.717, 1.165) is 11.3 Å². The summed E-state index contributed by atoms with van der Waals surface area (Å²) in [6.07, 6.45) is 1.34. The number of aromatic nitrogens is 2. The molecule has 6 nitrogen and oxygen atoms in total. The van der Waals surface area contributed by atoms with E-state index in [1.54, 1.807) is 19.9 Å². The number of halogens is 1. The molecular weight excluding hydrogens is 325 g/mol. The Hall–Kier alpha value is -2.70. The number of benzene rings is 1. The summed E-state index contributed by atoms with van der Waals surface area (Å²) in [6.45, 7) is 4.03. The summed E-state index contributed by atoms with van der Waals surface area (Å²) in [7, 11) is 0. The van der Waals surface area contributed by atoms with Crippen LogP contribution in [0.15, 0.2) is 23.0 Å². The first-order chi connectivity index (χ1) is 11.9. The van der Waals surface area contributed by atoms with E-state index in [9.17, 15) is 14.0 Å². The lowest BCUT2D eigenvalue weighted by molar-refractivity contribution is -0.122. The van der Waals surface area contributed by atoms with Gasteiger partial charge in [-0.15, -0.1) is 0 Å². The molecule has 1 amide bonds. The van der Waals surface area contributed by atoms with Gasteiger partial charge in [0.25, 0.3) is 0 Å². The van der Waals surface area contributed by atoms with Crippen molar-refractivity contribution in [2.75, 3.05) is 6.61 Å². The molecule has 1 aliphatic rings. The Labute approximate surface area is 144 Å². The lowest BCUT2D eigenvalue weighted by Crippen LogP contribution is -2.32. The molecule has 2 aromatic rings. The maximum absolute atomic E-state index is 13.5. The predicted molar refractivity (Wildman–Crippen MR) is 90.0 cm³/mol. The lowest BCUT2D eigenvalue weighted by Gasteiger charge is -2.26. The summed E-state index contributed by atoms with van der Waals surface area (Å²) in [5.41, 5.74) is 2.51. The van der Waals surface area contributed by atoms with Crippen molar-refractivity contribution < 1.29 is 13.9 Å². The Morgan fingerprint density at radius 3 is 3.00 bits per heavy atom. The minimum absolute atomic E-state index is 0.132. The van der Waals surface area contributed by atoms with Crippen molar-refractivity contribution in [1.29, 1.82) is 0 Å². The van der Waals surface area contributed by atoms with Gasteiger partial charge in [0.05, 0.1) is 12.6 Å². The molecule has 0 bridgehead atoms. The van der Waals surface area contributed by atoms with E-state index >= 15 is 0 Å². The second kappa shape index (κ2) is 7.04. The van der Waals surface area contributed by atoms with Gasteiger partial charge in [-0.1, -0.05) is 0 Å². The van der Waals surface area contributed by atoms with E-state index in [1.165, 1.54) is 12.1 Å². The van der Waals surface area contributed by atoms with Gasteiger partial charge in [-0.25, -0.2) is 9.18 Å². The number of carbonyl (C=O) groups is 1. The highest BCUT2D eigenvalue weighted by molar-refractivity contribution is 5.77. The number of carbonyl (C=O) groups excluding carboxylic acids is 1. The third-order valence-electron chi connectivity index (χ3n) is 4.40. The van der Waals surface area contributed by atoms with Gasteiger partial charge in [0.2, 0.25) is 5.91 Å². The van der Waals surface area contributed by atoms with Crippen LogP contribution < -0.4 is 15.7 Å². The van der Waals surface area contributed by atoms with Gasteiger partial charge in [-0.3, -0.25) is 4.79 Å². The van der Waals surface area contributed by atoms with E-state index in [-0.39, 0.29) is 29.9 Å². The molecule has 0 radical (unpaired) electrons. The van der Waals surface area contributed by atoms with Crippen LogP contribution >= 0.6 is 0 Å². The van der Waals surface area contributed by atoms with Crippen molar-refractivity contribution in [3.63, 3.8) is 0 Å². The highest BCUT2D eigenvalue weighted by Crippen LogP contribution is 2.32. The molecule has 3 rings (SSSR count). The maximum atomic E-state index is 13.5. The van der Waals surface area contributed by atoms with Crippen LogP contribution in [0.1, 0.15) is 41.4 Å². The Morgan fingerprint density at radius 1 is 1.44 bits per heavy atom. The first-order valence-corrected chi connectivity index (χ1v) is 8.22. The maximum Gasteiger partial charge on any atom is 0.345 e. The van der Waals surface area contributed by atoms with Crippen LogP contribution in [0.2, 0.25) is 0 Å². The number of aromatic amines is 1. The molecule has 0 unspecified atom stereocenters. The minimum atomic E-state index is -0.385. The number of H-pyrrole nitrogens is 1. The number of hydrogen-bond acceptors (Lipinski definition) is 4. The van der Waals surface area contributed by atoms with Gasteiger partial charge in [0, 0.05) is 29.8 Å². The second-order valence-corrected chi connectivity index (χ2v) is 6.17. The number of rotatable bonds is 4. The van der Waals surface area contributed by atoms with E-state index in [2.05, 4.69) is 15.3 Å². The molecule has 25 heavy (non-hydrogen) atoms. The van der Waals surface area contributed by atoms with E-state index in [4.69, 9.17) is 4.74 Å². The molecule has 1 aromatic carbocycles. The SMILES string of the molecule is Cc1nc(=O)[nH]c(C)c1CCC(=O)N[C@@H]1CCOc2ccc(F)cc21. The number of amides is 1. The van der Waals surface area contributed by atoms with Crippen LogP contribution in [0.4, 0.5) is 4.39 Å². The second-order valence-electron chi connectivity index (χ2n) is 6.17. The summed E-state index contributed by atoms with van der Waals surface area (Å²) >= 11 is 0. The monoisotopic (exact) mass is 345 g/mol. The molecular formula is C18H20FN3O3. The summed E-state index contributed by atoms with van der Waals surface area (Å²) in [5.74, 6) is 0.121. The first kappa shape index (κ1) is 17.1. The average Bonchev–Trinajstić information content (AvgIpc) is 2.54. The highest BCUT2D eigenvalue weighted by Gasteiger charge is 2.23. The molecule has 0 spiro atoms. The lowest BCUT2D eigenvalue weighted by atomic mass is 9.99. The molecule has 7 heteroatoms. The van der Waals surface area contributed by atoms with Crippen molar-refractivity contribution in [2.45, 2.75) is 39.2 Å². The number of nitrogens with zero attached hydrogens (tertiary/aromatic N) is 1. The zero-order valence-electron chi connectivity index (χ0n) is 14.2. The van der Waals surface area contributed by atoms with Gasteiger partial charge in [0.1, 0.15) is 11.6 Å². The molecule has 132 valence electrons. The molecule has 1 aromatic heterocycles. The topological polar surface area (TPSA) is 84.1 Å². The fraction of sp³-hybridized carbons (Fsp3) is 0.389. The smallest absolute Gasteiger partial charge is 0.345 e. The number of fused-ring (bicyclic) bond motifs is 1. The minimum Gasteiger partial charge on any atom is -0.493 e. The Morgan fingerprint density at radius 2 is 2.24 bits per heavy atom. The molecule has 2 heterocycles. The summed E-state index contributed by atoms with van der Waals surface area (Å²) in [5, 5.41) is 2.94. The number of aryl methyl sites for hydroxylation is 2. The first-order valence-electron chi connectivity index (χ1n) is 8.22. The Bertz CT molecular complexity index is 837. The van der Waals surface area contributed by atoms with Crippen molar-refractivity contribution in [2.24, 2.45) is 0 Å². The largest absolute Gasteiger partial charge is 0.493 e. The summed E-state index contributed by atoms with van der Waals surface area (Å²) in [4.78, 5) is 30.2. The van der Waals surface area contributed by atoms with Crippen LogP contribution in [-0.2, 0) is 11.2 Å².